The maximum Gasteiger partial charge on any atom is 0.186 e. The topological polar surface area (TPSA) is 34.0 Å². The van der Waals surface area contributed by atoms with E-state index in [9.17, 15) is 0 Å². The van der Waals surface area contributed by atoms with Gasteiger partial charge in [-0.3, -0.25) is 4.90 Å². The number of thiophene rings is 1. The van der Waals surface area contributed by atoms with Crippen LogP contribution >= 0.6 is 11.3 Å². The molecule has 0 N–H and O–H groups in total. The summed E-state index contributed by atoms with van der Waals surface area (Å²) in [6.07, 6.45) is 1.98. The van der Waals surface area contributed by atoms with Gasteiger partial charge in [-0.1, -0.05) is 194 Å². The lowest BCUT2D eigenvalue weighted by molar-refractivity contribution is 0.959. The Kier molecular flexibility index (Phi) is 9.57. The predicted octanol–water partition coefficient (Wildman–Crippen LogP) is 9.54. The smallest absolute Gasteiger partial charge is 0.186 e. The molecule has 0 spiro atoms. The Bertz CT molecular complexity index is 3750. The molecule has 3 aromatic heterocycles. The number of imidazole rings is 1. The number of pyridine rings is 1. The fraction of sp³-hybridized carbons (Fsp3) is 0.0164. The molecule has 4 heterocycles. The molecule has 1 aliphatic heterocycles. The molecule has 0 fully saturated rings. The Balaban J connectivity index is 1.11. The molecule has 9 aromatic carbocycles. The van der Waals surface area contributed by atoms with E-state index in [1.54, 1.807) is 0 Å². The van der Waals surface area contributed by atoms with Gasteiger partial charge in [0.05, 0.1) is 11.0 Å². The molecule has 1 aliphatic rings. The molecule has 0 unspecified atom stereocenters. The zero-order valence-electron chi connectivity index (χ0n) is 37.4. The van der Waals surface area contributed by atoms with E-state index in [4.69, 9.17) is 9.97 Å². The van der Waals surface area contributed by atoms with Crippen LogP contribution in [0.2, 0.25) is 0 Å². The molecular formula is C61H44N4SSi2. The van der Waals surface area contributed by atoms with Crippen molar-refractivity contribution >= 4 is 117 Å². The Morgan fingerprint density at radius 3 is 1.78 bits per heavy atom. The Hall–Kier alpha value is -7.95. The van der Waals surface area contributed by atoms with Gasteiger partial charge in [-0.05, 0) is 90.0 Å². The molecule has 68 heavy (non-hydrogen) atoms. The first-order chi connectivity index (χ1) is 33.6. The highest BCUT2D eigenvalue weighted by Gasteiger charge is 2.50. The minimum atomic E-state index is -3.08. The van der Waals surface area contributed by atoms with E-state index in [0.29, 0.717) is 0 Å². The number of fused-ring (bicyclic) bond motifs is 6. The molecule has 0 saturated carbocycles. The van der Waals surface area contributed by atoms with Crippen LogP contribution in [0.5, 0.6) is 0 Å². The zero-order chi connectivity index (χ0) is 45.2. The summed E-state index contributed by atoms with van der Waals surface area (Å²) in [6.45, 7) is 0. The van der Waals surface area contributed by atoms with Gasteiger partial charge >= 0.3 is 0 Å². The summed E-state index contributed by atoms with van der Waals surface area (Å²) in [7, 11) is -3.93. The number of para-hydroxylation sites is 2. The highest BCUT2D eigenvalue weighted by Crippen LogP contribution is 2.42. The quantitative estimate of drug-likeness (QED) is 0.113. The van der Waals surface area contributed by atoms with Crippen molar-refractivity contribution in [3.63, 3.8) is 0 Å². The third-order valence-corrected chi connectivity index (χ3v) is 24.9. The van der Waals surface area contributed by atoms with E-state index in [1.165, 1.54) is 67.4 Å². The van der Waals surface area contributed by atoms with E-state index < -0.39 is 16.1 Å². The zero-order valence-corrected chi connectivity index (χ0v) is 40.2. The average Bonchev–Trinajstić information content (AvgIpc) is 3.95. The second-order valence-corrected chi connectivity index (χ2v) is 26.4. The van der Waals surface area contributed by atoms with Crippen molar-refractivity contribution in [1.82, 2.24) is 14.5 Å². The number of hydrogen-bond acceptors (Lipinski definition) is 4. The Morgan fingerprint density at radius 2 is 1.07 bits per heavy atom. The first-order valence-corrected chi connectivity index (χ1v) is 28.0. The van der Waals surface area contributed by atoms with Gasteiger partial charge in [0.15, 0.2) is 16.1 Å². The second kappa shape index (κ2) is 16.1. The number of rotatable bonds is 8. The van der Waals surface area contributed by atoms with Gasteiger partial charge in [-0.15, -0.1) is 11.3 Å². The SMILES string of the molecule is Cn1c(-c2cccc([Si](c3ccccc3)(c3ccccc3)c3cccc(N4c5cc6c(cc5[Si](c5ccccc5)(c5ccccc5)c5cccnc54)sc4ccccc46)c3)c2)nc2ccccc21. The van der Waals surface area contributed by atoms with Crippen LogP contribution in [0.15, 0.2) is 249 Å². The minimum Gasteiger partial charge on any atom is -0.327 e. The van der Waals surface area contributed by atoms with Crippen LogP contribution < -0.4 is 46.4 Å². The van der Waals surface area contributed by atoms with Crippen molar-refractivity contribution in [3.05, 3.63) is 249 Å². The fourth-order valence-corrected chi connectivity index (χ4v) is 22.4. The maximum absolute atomic E-state index is 5.46. The molecule has 0 bridgehead atoms. The van der Waals surface area contributed by atoms with Crippen LogP contribution in [0.25, 0.3) is 42.6 Å². The highest BCUT2D eigenvalue weighted by atomic mass is 32.1. The first kappa shape index (κ1) is 40.3. The number of benzene rings is 9. The fourth-order valence-electron chi connectivity index (χ4n) is 11.3. The van der Waals surface area contributed by atoms with Crippen LogP contribution in [0, 0.1) is 0 Å². The van der Waals surface area contributed by atoms with E-state index >= 15 is 0 Å². The number of anilines is 3. The van der Waals surface area contributed by atoms with Gasteiger partial charge in [0.25, 0.3) is 0 Å². The van der Waals surface area contributed by atoms with E-state index in [0.717, 1.165) is 33.9 Å². The monoisotopic (exact) mass is 920 g/mol. The molecule has 13 rings (SSSR count). The molecule has 0 saturated heterocycles. The first-order valence-electron chi connectivity index (χ1n) is 23.2. The van der Waals surface area contributed by atoms with Crippen LogP contribution in [-0.2, 0) is 7.05 Å². The van der Waals surface area contributed by atoms with E-state index in [1.807, 2.05) is 17.5 Å². The maximum atomic E-state index is 5.46. The summed E-state index contributed by atoms with van der Waals surface area (Å²) in [6, 6.07) is 90.5. The van der Waals surface area contributed by atoms with E-state index in [2.05, 4.69) is 259 Å². The number of hydrogen-bond donors (Lipinski definition) is 0. The molecule has 4 nitrogen and oxygen atoms in total. The van der Waals surface area contributed by atoms with Gasteiger partial charge < -0.3 is 4.57 Å². The van der Waals surface area contributed by atoms with Gasteiger partial charge in [-0.2, -0.15) is 0 Å². The summed E-state index contributed by atoms with van der Waals surface area (Å²) in [5.74, 6) is 1.93. The summed E-state index contributed by atoms with van der Waals surface area (Å²) < 4.78 is 4.82. The van der Waals surface area contributed by atoms with Gasteiger partial charge in [0.2, 0.25) is 0 Å². The van der Waals surface area contributed by atoms with Crippen LogP contribution in [0.3, 0.4) is 0 Å². The molecule has 0 radical (unpaired) electrons. The third kappa shape index (κ3) is 6.03. The molecule has 0 aliphatic carbocycles. The van der Waals surface area contributed by atoms with Gasteiger partial charge in [0, 0.05) is 50.4 Å². The van der Waals surface area contributed by atoms with Crippen molar-refractivity contribution in [3.8, 4) is 11.4 Å². The van der Waals surface area contributed by atoms with Crippen molar-refractivity contribution in [1.29, 1.82) is 0 Å². The minimum absolute atomic E-state index is 0.954. The summed E-state index contributed by atoms with van der Waals surface area (Å²) in [5, 5.41) is 13.1. The summed E-state index contributed by atoms with van der Waals surface area (Å²) >= 11 is 1.89. The molecule has 12 aromatic rings. The highest BCUT2D eigenvalue weighted by molar-refractivity contribution is 7.26. The van der Waals surface area contributed by atoms with Crippen LogP contribution in [0.4, 0.5) is 17.2 Å². The van der Waals surface area contributed by atoms with Gasteiger partial charge in [-0.25, -0.2) is 9.97 Å². The van der Waals surface area contributed by atoms with Crippen molar-refractivity contribution in [2.24, 2.45) is 7.05 Å². The molecule has 0 amide bonds. The number of aromatic nitrogens is 3. The molecule has 0 atom stereocenters. The van der Waals surface area contributed by atoms with Crippen LogP contribution in [0.1, 0.15) is 0 Å². The van der Waals surface area contributed by atoms with Gasteiger partial charge in [0.1, 0.15) is 11.6 Å². The normalized spacial score (nSPS) is 13.2. The number of nitrogens with zero attached hydrogens (tertiary/aromatic N) is 4. The third-order valence-electron chi connectivity index (χ3n) is 14.2. The molecule has 322 valence electrons. The predicted molar refractivity (Wildman–Crippen MR) is 292 cm³/mol. The lowest BCUT2D eigenvalue weighted by Gasteiger charge is -2.44. The van der Waals surface area contributed by atoms with Crippen molar-refractivity contribution in [2.75, 3.05) is 4.90 Å². The largest absolute Gasteiger partial charge is 0.327 e. The molecular weight excluding hydrogens is 877 g/mol. The Morgan fingerprint density at radius 1 is 0.471 bits per heavy atom. The van der Waals surface area contributed by atoms with Crippen molar-refractivity contribution < 1.29 is 0 Å². The standard InChI is InChI=1S/C61H44N4SSi2/c1-64-54-35-16-15-34-53(54)63-60(64)43-21-18-31-49(39-43)67(45-23-6-2-7-24-45,46-25-8-3-9-26-46)50-32-19-22-44(40-50)65-55-41-52-51-33-14-17-36-56(51)66-57(52)42-59(55)68(47-27-10-4-11-28-47,48-29-12-5-13-30-48)58-37-20-38-62-61(58)65/h2-42H,1H3. The number of aryl methyl sites for hydroxylation is 1. The second-order valence-electron chi connectivity index (χ2n) is 17.8. The average molecular weight is 921 g/mol. The van der Waals surface area contributed by atoms with Crippen molar-refractivity contribution in [2.45, 2.75) is 0 Å². The van der Waals surface area contributed by atoms with E-state index in [-0.39, 0.29) is 0 Å². The lowest BCUT2D eigenvalue weighted by Crippen LogP contribution is -2.77. The summed E-state index contributed by atoms with van der Waals surface area (Å²) in [5.41, 5.74) is 5.47. The Labute approximate surface area is 401 Å². The summed E-state index contributed by atoms with van der Waals surface area (Å²) in [4.78, 5) is 13.1. The van der Waals surface area contributed by atoms with Crippen LogP contribution in [-0.4, -0.2) is 30.7 Å². The lowest BCUT2D eigenvalue weighted by atomic mass is 10.1. The molecule has 7 heteroatoms.